The molecule has 0 radical (unpaired) electrons. The average molecular weight is 357 g/mol. The van der Waals surface area contributed by atoms with Crippen molar-refractivity contribution in [2.24, 2.45) is 5.10 Å². The van der Waals surface area contributed by atoms with E-state index in [0.717, 1.165) is 5.56 Å². The normalized spacial score (nSPS) is 14.4. The van der Waals surface area contributed by atoms with Gasteiger partial charge in [0.1, 0.15) is 5.75 Å². The van der Waals surface area contributed by atoms with Gasteiger partial charge in [0.15, 0.2) is 12.4 Å². The Morgan fingerprint density at radius 2 is 1.96 bits per heavy atom. The first-order chi connectivity index (χ1) is 12.7. The molecule has 1 aromatic carbocycles. The zero-order chi connectivity index (χ0) is 18.2. The number of ether oxygens (including phenoxy) is 2. The minimum atomic E-state index is -0.423. The van der Waals surface area contributed by atoms with Gasteiger partial charge in [0.2, 0.25) is 0 Å². The maximum absolute atomic E-state index is 12.0. The molecule has 26 heavy (non-hydrogen) atoms. The third-order valence-electron chi connectivity index (χ3n) is 3.73. The van der Waals surface area contributed by atoms with Gasteiger partial charge < -0.3 is 18.8 Å². The van der Waals surface area contributed by atoms with Crippen LogP contribution in [0, 0.1) is 0 Å². The minimum absolute atomic E-state index is 0.00730. The maximum Gasteiger partial charge on any atom is 0.307 e. The van der Waals surface area contributed by atoms with Gasteiger partial charge in [-0.25, -0.2) is 5.43 Å². The fraction of sp³-hybridized carbons (Fsp3) is 0.278. The molecule has 0 saturated carbocycles. The Morgan fingerprint density at radius 1 is 1.19 bits per heavy atom. The maximum atomic E-state index is 12.0. The number of nitrogens with one attached hydrogen (secondary N) is 1. The van der Waals surface area contributed by atoms with Crippen LogP contribution in [0.15, 0.2) is 52.2 Å². The van der Waals surface area contributed by atoms with E-state index in [4.69, 9.17) is 13.9 Å². The van der Waals surface area contributed by atoms with Gasteiger partial charge in [0.05, 0.1) is 25.7 Å². The fourth-order valence-electron chi connectivity index (χ4n) is 2.33. The summed E-state index contributed by atoms with van der Waals surface area (Å²) in [6.45, 7) is 2.32. The third kappa shape index (κ3) is 4.93. The number of morpholine rings is 1. The molecule has 136 valence electrons. The Kier molecular flexibility index (Phi) is 6.00. The van der Waals surface area contributed by atoms with Crippen molar-refractivity contribution in [3.63, 3.8) is 0 Å². The second-order valence-corrected chi connectivity index (χ2v) is 5.53. The van der Waals surface area contributed by atoms with Gasteiger partial charge in [-0.1, -0.05) is 0 Å². The molecule has 1 N–H and O–H groups in total. The van der Waals surface area contributed by atoms with Crippen LogP contribution in [-0.4, -0.2) is 55.8 Å². The quantitative estimate of drug-likeness (QED) is 0.621. The van der Waals surface area contributed by atoms with Crippen LogP contribution in [0.3, 0.4) is 0 Å². The number of carbonyl (C=O) groups excluding carboxylic acids is 2. The number of hydrogen-bond donors (Lipinski definition) is 1. The smallest absolute Gasteiger partial charge is 0.307 e. The van der Waals surface area contributed by atoms with Crippen molar-refractivity contribution in [3.8, 4) is 5.75 Å². The van der Waals surface area contributed by atoms with Gasteiger partial charge in [-0.3, -0.25) is 9.59 Å². The first-order valence-electron chi connectivity index (χ1n) is 8.18. The van der Waals surface area contributed by atoms with Crippen LogP contribution >= 0.6 is 0 Å². The minimum Gasteiger partial charge on any atom is -0.484 e. The first-order valence-corrected chi connectivity index (χ1v) is 8.18. The summed E-state index contributed by atoms with van der Waals surface area (Å²) in [6.07, 6.45) is 2.92. The molecule has 0 unspecified atom stereocenters. The van der Waals surface area contributed by atoms with Crippen molar-refractivity contribution >= 4 is 18.0 Å². The molecule has 1 aliphatic heterocycles. The molecule has 1 aliphatic rings. The molecule has 2 heterocycles. The number of hydrogen-bond acceptors (Lipinski definition) is 6. The van der Waals surface area contributed by atoms with E-state index in [0.29, 0.717) is 32.1 Å². The summed E-state index contributed by atoms with van der Waals surface area (Å²) in [5.41, 5.74) is 3.14. The van der Waals surface area contributed by atoms with E-state index >= 15 is 0 Å². The second kappa shape index (κ2) is 8.82. The van der Waals surface area contributed by atoms with Crippen molar-refractivity contribution in [2.45, 2.75) is 0 Å². The first kappa shape index (κ1) is 17.7. The summed E-state index contributed by atoms with van der Waals surface area (Å²) in [5.74, 6) is 0.298. The van der Waals surface area contributed by atoms with Crippen LogP contribution in [0.2, 0.25) is 0 Å². The molecule has 1 saturated heterocycles. The number of furan rings is 1. The highest BCUT2D eigenvalue weighted by atomic mass is 16.5. The fourth-order valence-corrected chi connectivity index (χ4v) is 2.33. The Hall–Kier alpha value is -3.13. The highest BCUT2D eigenvalue weighted by Crippen LogP contribution is 2.11. The van der Waals surface area contributed by atoms with E-state index in [1.54, 1.807) is 41.3 Å². The number of carbonyl (C=O) groups is 2. The molecule has 2 aromatic rings. The highest BCUT2D eigenvalue weighted by molar-refractivity contribution is 5.92. The summed E-state index contributed by atoms with van der Waals surface area (Å²) in [7, 11) is 0. The van der Waals surface area contributed by atoms with Crippen molar-refractivity contribution in [1.82, 2.24) is 10.3 Å². The molecular weight excluding hydrogens is 338 g/mol. The number of benzene rings is 1. The number of amides is 2. The standard InChI is InChI=1S/C18H19N3O5/c22-17(21-7-10-24-11-8-21)13-26-15-5-3-14(4-6-15)12-19-20-18(23)16-2-1-9-25-16/h1-6,9,12H,7-8,10-11,13H2,(H,20,23)/b19-12-. The summed E-state index contributed by atoms with van der Waals surface area (Å²) < 4.78 is 15.7. The van der Waals surface area contributed by atoms with E-state index in [1.165, 1.54) is 12.5 Å². The van der Waals surface area contributed by atoms with E-state index in [1.807, 2.05) is 0 Å². The Morgan fingerprint density at radius 3 is 2.65 bits per heavy atom. The number of hydrazone groups is 1. The molecule has 0 bridgehead atoms. The number of nitrogens with zero attached hydrogens (tertiary/aromatic N) is 2. The average Bonchev–Trinajstić information content (AvgIpc) is 3.23. The largest absolute Gasteiger partial charge is 0.484 e. The molecule has 0 spiro atoms. The van der Waals surface area contributed by atoms with E-state index < -0.39 is 5.91 Å². The van der Waals surface area contributed by atoms with Gasteiger partial charge in [-0.15, -0.1) is 0 Å². The monoisotopic (exact) mass is 357 g/mol. The van der Waals surface area contributed by atoms with Crippen LogP contribution in [0.5, 0.6) is 5.75 Å². The summed E-state index contributed by atoms with van der Waals surface area (Å²) in [6, 6.07) is 10.2. The predicted molar refractivity (Wildman–Crippen MR) is 93.1 cm³/mol. The Bertz CT molecular complexity index is 750. The van der Waals surface area contributed by atoms with E-state index in [9.17, 15) is 9.59 Å². The Labute approximate surface area is 150 Å². The van der Waals surface area contributed by atoms with E-state index in [2.05, 4.69) is 10.5 Å². The molecule has 8 heteroatoms. The summed E-state index contributed by atoms with van der Waals surface area (Å²) >= 11 is 0. The van der Waals surface area contributed by atoms with Gasteiger partial charge >= 0.3 is 5.91 Å². The second-order valence-electron chi connectivity index (χ2n) is 5.53. The molecule has 2 amide bonds. The van der Waals surface area contributed by atoms with Gasteiger partial charge in [0.25, 0.3) is 5.91 Å². The van der Waals surface area contributed by atoms with Crippen LogP contribution in [0.4, 0.5) is 0 Å². The number of rotatable bonds is 6. The lowest BCUT2D eigenvalue weighted by Gasteiger charge is -2.26. The molecule has 8 nitrogen and oxygen atoms in total. The molecule has 0 atom stereocenters. The summed E-state index contributed by atoms with van der Waals surface area (Å²) in [4.78, 5) is 25.4. The van der Waals surface area contributed by atoms with Crippen molar-refractivity contribution < 1.29 is 23.5 Å². The highest BCUT2D eigenvalue weighted by Gasteiger charge is 2.17. The van der Waals surface area contributed by atoms with Crippen molar-refractivity contribution in [2.75, 3.05) is 32.9 Å². The molecule has 0 aliphatic carbocycles. The topological polar surface area (TPSA) is 93.4 Å². The van der Waals surface area contributed by atoms with Gasteiger partial charge in [0, 0.05) is 13.1 Å². The van der Waals surface area contributed by atoms with Crippen molar-refractivity contribution in [3.05, 3.63) is 54.0 Å². The summed E-state index contributed by atoms with van der Waals surface area (Å²) in [5, 5.41) is 3.86. The zero-order valence-electron chi connectivity index (χ0n) is 14.1. The van der Waals surface area contributed by atoms with Crippen molar-refractivity contribution in [1.29, 1.82) is 0 Å². The molecular formula is C18H19N3O5. The molecule has 3 rings (SSSR count). The lowest BCUT2D eigenvalue weighted by Crippen LogP contribution is -2.42. The Balaban J connectivity index is 1.45. The van der Waals surface area contributed by atoms with Crippen LogP contribution in [0.1, 0.15) is 16.1 Å². The van der Waals surface area contributed by atoms with Gasteiger partial charge in [-0.2, -0.15) is 5.10 Å². The van der Waals surface area contributed by atoms with Gasteiger partial charge in [-0.05, 0) is 42.0 Å². The van der Waals surface area contributed by atoms with Crippen LogP contribution in [-0.2, 0) is 9.53 Å². The SMILES string of the molecule is O=C(N/N=C\c1ccc(OCC(=O)N2CCOCC2)cc1)c1ccco1. The zero-order valence-corrected chi connectivity index (χ0v) is 14.1. The van der Waals surface area contributed by atoms with Crippen LogP contribution in [0.25, 0.3) is 0 Å². The lowest BCUT2D eigenvalue weighted by molar-refractivity contribution is -0.137. The lowest BCUT2D eigenvalue weighted by atomic mass is 10.2. The van der Waals surface area contributed by atoms with E-state index in [-0.39, 0.29) is 18.3 Å². The van der Waals surface area contributed by atoms with Crippen LogP contribution < -0.4 is 10.2 Å². The predicted octanol–water partition coefficient (Wildman–Crippen LogP) is 1.28. The third-order valence-corrected chi connectivity index (χ3v) is 3.73. The molecule has 1 fully saturated rings. The molecule has 1 aromatic heterocycles.